The summed E-state index contributed by atoms with van der Waals surface area (Å²) in [6.07, 6.45) is 0.991. The van der Waals surface area contributed by atoms with E-state index in [0.717, 1.165) is 0 Å². The van der Waals surface area contributed by atoms with Crippen LogP contribution in [0.15, 0.2) is 29.2 Å². The predicted octanol–water partition coefficient (Wildman–Crippen LogP) is 1.91. The Labute approximate surface area is 121 Å². The van der Waals surface area contributed by atoms with Crippen LogP contribution in [0, 0.1) is 0 Å². The van der Waals surface area contributed by atoms with Crippen molar-refractivity contribution in [1.82, 2.24) is 4.72 Å². The molecule has 0 unspecified atom stereocenters. The maximum atomic E-state index is 12.1. The van der Waals surface area contributed by atoms with Gasteiger partial charge in [0, 0.05) is 6.54 Å². The first kappa shape index (κ1) is 16.9. The molecule has 6 heteroatoms. The Morgan fingerprint density at radius 1 is 1.15 bits per heavy atom. The van der Waals surface area contributed by atoms with Gasteiger partial charge in [0.1, 0.15) is 5.75 Å². The number of sulfonamides is 1. The van der Waals surface area contributed by atoms with Crippen molar-refractivity contribution in [2.24, 2.45) is 0 Å². The molecule has 0 spiro atoms. The number of rotatable bonds is 8. The second-order valence-corrected chi connectivity index (χ2v) is 6.43. The van der Waals surface area contributed by atoms with E-state index in [1.165, 1.54) is 12.1 Å². The summed E-state index contributed by atoms with van der Waals surface area (Å²) >= 11 is 0. The number of ether oxygens (including phenoxy) is 1. The highest BCUT2D eigenvalue weighted by Gasteiger charge is 2.25. The average molecular weight is 301 g/mol. The molecule has 2 N–H and O–H groups in total. The number of hydrogen-bond acceptors (Lipinski definition) is 4. The smallest absolute Gasteiger partial charge is 0.240 e. The molecular weight excluding hydrogens is 278 g/mol. The Kier molecular flexibility index (Phi) is 5.98. The van der Waals surface area contributed by atoms with E-state index in [9.17, 15) is 13.5 Å². The molecule has 0 heterocycles. The zero-order valence-electron chi connectivity index (χ0n) is 12.2. The SMILES string of the molecule is CCOc1ccc(S(=O)(=O)NCC(O)(CC)CC)cc1. The fourth-order valence-corrected chi connectivity index (χ4v) is 2.81. The number of nitrogens with one attached hydrogen (secondary N) is 1. The van der Waals surface area contributed by atoms with E-state index in [2.05, 4.69) is 4.72 Å². The molecule has 0 fully saturated rings. The molecule has 0 saturated carbocycles. The molecule has 0 aliphatic rings. The summed E-state index contributed by atoms with van der Waals surface area (Å²) in [6, 6.07) is 6.21. The minimum absolute atomic E-state index is 0.00947. The van der Waals surface area contributed by atoms with E-state index < -0.39 is 15.6 Å². The Balaban J connectivity index is 2.78. The maximum absolute atomic E-state index is 12.1. The molecule has 0 aliphatic carbocycles. The largest absolute Gasteiger partial charge is 0.494 e. The minimum Gasteiger partial charge on any atom is -0.494 e. The first-order valence-electron chi connectivity index (χ1n) is 6.81. The van der Waals surface area contributed by atoms with Gasteiger partial charge in [0.2, 0.25) is 10.0 Å². The van der Waals surface area contributed by atoms with Crippen LogP contribution in [0.25, 0.3) is 0 Å². The second kappa shape index (κ2) is 7.06. The van der Waals surface area contributed by atoms with Gasteiger partial charge in [-0.15, -0.1) is 0 Å². The standard InChI is InChI=1S/C14H23NO4S/c1-4-14(16,5-2)11-15-20(17,18)13-9-7-12(8-10-13)19-6-3/h7-10,15-16H,4-6,11H2,1-3H3. The van der Waals surface area contributed by atoms with Gasteiger partial charge in [0.25, 0.3) is 0 Å². The molecule has 0 atom stereocenters. The number of hydrogen-bond donors (Lipinski definition) is 2. The van der Waals surface area contributed by atoms with E-state index in [0.29, 0.717) is 25.2 Å². The Morgan fingerprint density at radius 2 is 1.70 bits per heavy atom. The lowest BCUT2D eigenvalue weighted by atomic mass is 9.98. The van der Waals surface area contributed by atoms with E-state index in [4.69, 9.17) is 4.74 Å². The monoisotopic (exact) mass is 301 g/mol. The quantitative estimate of drug-likeness (QED) is 0.769. The second-order valence-electron chi connectivity index (χ2n) is 4.66. The fraction of sp³-hybridized carbons (Fsp3) is 0.571. The molecule has 0 aromatic heterocycles. The lowest BCUT2D eigenvalue weighted by molar-refractivity contribution is 0.0377. The van der Waals surface area contributed by atoms with Gasteiger partial charge >= 0.3 is 0 Å². The zero-order chi connectivity index (χ0) is 15.2. The molecule has 0 radical (unpaired) electrons. The Morgan fingerprint density at radius 3 is 2.15 bits per heavy atom. The van der Waals surface area contributed by atoms with Crippen molar-refractivity contribution < 1.29 is 18.3 Å². The van der Waals surface area contributed by atoms with E-state index in [-0.39, 0.29) is 11.4 Å². The van der Waals surface area contributed by atoms with Crippen molar-refractivity contribution in [3.05, 3.63) is 24.3 Å². The van der Waals surface area contributed by atoms with Crippen LogP contribution in [0.2, 0.25) is 0 Å². The van der Waals surface area contributed by atoms with Crippen LogP contribution >= 0.6 is 0 Å². The molecule has 1 rings (SSSR count). The molecule has 20 heavy (non-hydrogen) atoms. The maximum Gasteiger partial charge on any atom is 0.240 e. The zero-order valence-corrected chi connectivity index (χ0v) is 13.0. The van der Waals surface area contributed by atoms with E-state index >= 15 is 0 Å². The van der Waals surface area contributed by atoms with Crippen molar-refractivity contribution in [2.45, 2.75) is 44.1 Å². The van der Waals surface area contributed by atoms with Gasteiger partial charge in [0.05, 0.1) is 17.1 Å². The summed E-state index contributed by atoms with van der Waals surface area (Å²) in [6.45, 7) is 6.06. The summed E-state index contributed by atoms with van der Waals surface area (Å²) in [4.78, 5) is 0.163. The van der Waals surface area contributed by atoms with Gasteiger partial charge in [-0.3, -0.25) is 0 Å². The third kappa shape index (κ3) is 4.47. The van der Waals surface area contributed by atoms with Gasteiger partial charge in [-0.25, -0.2) is 13.1 Å². The molecule has 1 aromatic rings. The summed E-state index contributed by atoms with van der Waals surface area (Å²) in [5, 5.41) is 10.1. The van der Waals surface area contributed by atoms with Crippen LogP contribution in [-0.2, 0) is 10.0 Å². The third-order valence-electron chi connectivity index (χ3n) is 3.35. The van der Waals surface area contributed by atoms with Gasteiger partial charge < -0.3 is 9.84 Å². The highest BCUT2D eigenvalue weighted by atomic mass is 32.2. The van der Waals surface area contributed by atoms with Gasteiger partial charge in [-0.1, -0.05) is 13.8 Å². The lowest BCUT2D eigenvalue weighted by Gasteiger charge is -2.25. The normalized spacial score (nSPS) is 12.4. The van der Waals surface area contributed by atoms with Crippen molar-refractivity contribution in [2.75, 3.05) is 13.2 Å². The molecule has 0 aliphatic heterocycles. The summed E-state index contributed by atoms with van der Waals surface area (Å²) in [5.74, 6) is 0.630. The molecule has 0 bridgehead atoms. The first-order chi connectivity index (χ1) is 9.37. The lowest BCUT2D eigenvalue weighted by Crippen LogP contribution is -2.41. The van der Waals surface area contributed by atoms with E-state index in [1.54, 1.807) is 12.1 Å². The summed E-state index contributed by atoms with van der Waals surface area (Å²) in [5.41, 5.74) is -1.00. The summed E-state index contributed by atoms with van der Waals surface area (Å²) < 4.78 is 32.0. The van der Waals surface area contributed by atoms with Crippen LogP contribution in [0.5, 0.6) is 5.75 Å². The fourth-order valence-electron chi connectivity index (χ4n) is 1.69. The van der Waals surface area contributed by atoms with Gasteiger partial charge in [-0.2, -0.15) is 0 Å². The average Bonchev–Trinajstić information content (AvgIpc) is 2.46. The predicted molar refractivity (Wildman–Crippen MR) is 78.3 cm³/mol. The number of aliphatic hydroxyl groups is 1. The van der Waals surface area contributed by atoms with Crippen LogP contribution in [0.4, 0.5) is 0 Å². The van der Waals surface area contributed by atoms with Crippen molar-refractivity contribution in [3.63, 3.8) is 0 Å². The van der Waals surface area contributed by atoms with Crippen LogP contribution in [-0.4, -0.2) is 32.3 Å². The van der Waals surface area contributed by atoms with Gasteiger partial charge in [-0.05, 0) is 44.0 Å². The van der Waals surface area contributed by atoms with E-state index in [1.807, 2.05) is 20.8 Å². The highest BCUT2D eigenvalue weighted by molar-refractivity contribution is 7.89. The topological polar surface area (TPSA) is 75.6 Å². The highest BCUT2D eigenvalue weighted by Crippen LogP contribution is 2.18. The Hall–Kier alpha value is -1.11. The van der Waals surface area contributed by atoms with Crippen molar-refractivity contribution >= 4 is 10.0 Å². The number of benzene rings is 1. The van der Waals surface area contributed by atoms with Crippen molar-refractivity contribution in [3.8, 4) is 5.75 Å². The first-order valence-corrected chi connectivity index (χ1v) is 8.30. The molecule has 5 nitrogen and oxygen atoms in total. The molecule has 0 amide bonds. The molecule has 1 aromatic carbocycles. The minimum atomic E-state index is -3.61. The molecular formula is C14H23NO4S. The summed E-state index contributed by atoms with van der Waals surface area (Å²) in [7, 11) is -3.61. The van der Waals surface area contributed by atoms with Crippen LogP contribution in [0.3, 0.4) is 0 Å². The van der Waals surface area contributed by atoms with Crippen molar-refractivity contribution in [1.29, 1.82) is 0 Å². The Bertz CT molecular complexity index is 506. The van der Waals surface area contributed by atoms with Crippen LogP contribution in [0.1, 0.15) is 33.6 Å². The van der Waals surface area contributed by atoms with Crippen LogP contribution < -0.4 is 9.46 Å². The third-order valence-corrected chi connectivity index (χ3v) is 4.77. The molecule has 0 saturated heterocycles. The van der Waals surface area contributed by atoms with Gasteiger partial charge in [0.15, 0.2) is 0 Å². The molecule has 114 valence electrons.